The summed E-state index contributed by atoms with van der Waals surface area (Å²) in [5.41, 5.74) is 4.05. The number of benzene rings is 2. The molecule has 3 heterocycles. The van der Waals surface area contributed by atoms with Gasteiger partial charge in [-0.05, 0) is 54.0 Å². The maximum atomic E-state index is 12.7. The Hall–Kier alpha value is -4.93. The number of nitrogens with zero attached hydrogens (tertiary/aromatic N) is 2. The summed E-state index contributed by atoms with van der Waals surface area (Å²) in [6.07, 6.45) is 1.96. The second-order valence-corrected chi connectivity index (χ2v) is 8.28. The molecule has 11 heteroatoms. The molecular formula is C26H19F3N6O2. The van der Waals surface area contributed by atoms with Crippen molar-refractivity contribution in [3.05, 3.63) is 101 Å². The number of nitrogens with one attached hydrogen (secondary N) is 4. The van der Waals surface area contributed by atoms with Gasteiger partial charge < -0.3 is 20.9 Å². The van der Waals surface area contributed by atoms with Crippen molar-refractivity contribution in [1.82, 2.24) is 15.0 Å². The zero-order valence-corrected chi connectivity index (χ0v) is 19.1. The highest BCUT2D eigenvalue weighted by Crippen LogP contribution is 2.35. The molecule has 4 aromatic rings. The number of urea groups is 1. The summed E-state index contributed by atoms with van der Waals surface area (Å²) in [6.45, 7) is 0. The number of H-pyrrole nitrogens is 1. The Balaban J connectivity index is 1.19. The topological polar surface area (TPSA) is 112 Å². The fraction of sp³-hybridized carbons (Fsp3) is 0.0769. The van der Waals surface area contributed by atoms with Crippen LogP contribution < -0.4 is 16.0 Å². The van der Waals surface area contributed by atoms with Crippen LogP contribution in [0.15, 0.2) is 73.3 Å². The van der Waals surface area contributed by atoms with Gasteiger partial charge in [-0.3, -0.25) is 9.78 Å². The third kappa shape index (κ3) is 5.50. The molecule has 2 aromatic heterocycles. The number of fused-ring (bicyclic) bond motifs is 1. The summed E-state index contributed by atoms with van der Waals surface area (Å²) in [7, 11) is 0. The van der Waals surface area contributed by atoms with Crippen LogP contribution in [0.5, 0.6) is 0 Å². The van der Waals surface area contributed by atoms with Gasteiger partial charge in [0.25, 0.3) is 5.91 Å². The van der Waals surface area contributed by atoms with E-state index in [0.29, 0.717) is 45.9 Å². The van der Waals surface area contributed by atoms with Crippen molar-refractivity contribution in [1.29, 1.82) is 0 Å². The van der Waals surface area contributed by atoms with Gasteiger partial charge in [0.2, 0.25) is 0 Å². The maximum absolute atomic E-state index is 12.7. The standard InChI is InChI=1S/C26H19F3N6O2/c27-26(28,29)23-8-3-16(12-31-23)9-15-1-4-17(5-2-15)33-25(37)34-18-6-7-20-21(10-19-13-30-14-32-19)24(36)35-22(20)11-18/h1-8,10-14H,9H2,(H,30,32)(H,35,36)(H2,33,34,37)/b21-10-. The molecule has 0 bridgehead atoms. The molecule has 0 spiro atoms. The Bertz CT molecular complexity index is 1480. The minimum absolute atomic E-state index is 0.252. The minimum atomic E-state index is -4.47. The molecule has 37 heavy (non-hydrogen) atoms. The Morgan fingerprint density at radius 3 is 2.35 bits per heavy atom. The number of anilines is 3. The maximum Gasteiger partial charge on any atom is 0.433 e. The number of halogens is 3. The predicted molar refractivity (Wildman–Crippen MR) is 133 cm³/mol. The van der Waals surface area contributed by atoms with E-state index >= 15 is 0 Å². The smallest absolute Gasteiger partial charge is 0.345 e. The van der Waals surface area contributed by atoms with Crippen LogP contribution in [0.4, 0.5) is 35.0 Å². The molecule has 2 aromatic carbocycles. The van der Waals surface area contributed by atoms with Crippen molar-refractivity contribution < 1.29 is 22.8 Å². The van der Waals surface area contributed by atoms with Crippen LogP contribution in [0.3, 0.4) is 0 Å². The molecular weight excluding hydrogens is 485 g/mol. The van der Waals surface area contributed by atoms with Crippen LogP contribution in [-0.2, 0) is 17.4 Å². The van der Waals surface area contributed by atoms with Crippen molar-refractivity contribution in [2.24, 2.45) is 0 Å². The average Bonchev–Trinajstić information content (AvgIpc) is 3.48. The predicted octanol–water partition coefficient (Wildman–Crippen LogP) is 5.55. The van der Waals surface area contributed by atoms with Crippen molar-refractivity contribution in [3.63, 3.8) is 0 Å². The molecule has 8 nitrogen and oxygen atoms in total. The van der Waals surface area contributed by atoms with E-state index < -0.39 is 17.9 Å². The summed E-state index contributed by atoms with van der Waals surface area (Å²) in [5.74, 6) is -0.252. The number of rotatable bonds is 5. The number of carbonyl (C=O) groups excluding carboxylic acids is 2. The van der Waals surface area contributed by atoms with Gasteiger partial charge in [0, 0.05) is 23.1 Å². The van der Waals surface area contributed by atoms with Gasteiger partial charge in [0.1, 0.15) is 5.69 Å². The number of aromatic nitrogens is 3. The Kier molecular flexibility index (Phi) is 6.18. The number of amides is 3. The summed E-state index contributed by atoms with van der Waals surface area (Å²) in [6, 6.07) is 13.9. The molecule has 0 unspecified atom stereocenters. The number of hydrogen-bond donors (Lipinski definition) is 4. The fourth-order valence-electron chi connectivity index (χ4n) is 3.85. The molecule has 0 saturated carbocycles. The van der Waals surface area contributed by atoms with Gasteiger partial charge >= 0.3 is 12.2 Å². The molecule has 3 amide bonds. The lowest BCUT2D eigenvalue weighted by molar-refractivity contribution is -0.141. The molecule has 0 atom stereocenters. The molecule has 4 N–H and O–H groups in total. The van der Waals surface area contributed by atoms with Crippen molar-refractivity contribution >= 4 is 40.6 Å². The molecule has 1 aliphatic heterocycles. The monoisotopic (exact) mass is 504 g/mol. The molecule has 0 fully saturated rings. The molecule has 186 valence electrons. The quantitative estimate of drug-likeness (QED) is 0.267. The SMILES string of the molecule is O=C(Nc1ccc(Cc2ccc(C(F)(F)F)nc2)cc1)Nc1ccc2c(c1)NC(=O)/C2=C\c1cnc[nH]1. The van der Waals surface area contributed by atoms with E-state index in [-0.39, 0.29) is 5.91 Å². The number of alkyl halides is 3. The first kappa shape index (κ1) is 23.8. The lowest BCUT2D eigenvalue weighted by Gasteiger charge is -2.10. The molecule has 1 aliphatic rings. The summed E-state index contributed by atoms with van der Waals surface area (Å²) >= 11 is 0. The molecule has 0 aliphatic carbocycles. The lowest BCUT2D eigenvalue weighted by Crippen LogP contribution is -2.19. The van der Waals surface area contributed by atoms with E-state index in [4.69, 9.17) is 0 Å². The van der Waals surface area contributed by atoms with Crippen molar-refractivity contribution in [2.75, 3.05) is 16.0 Å². The first-order valence-electron chi connectivity index (χ1n) is 11.1. The van der Waals surface area contributed by atoms with E-state index in [0.717, 1.165) is 11.6 Å². The second-order valence-electron chi connectivity index (χ2n) is 8.28. The fourth-order valence-corrected chi connectivity index (χ4v) is 3.85. The van der Waals surface area contributed by atoms with E-state index in [1.54, 1.807) is 54.7 Å². The van der Waals surface area contributed by atoms with Crippen LogP contribution >= 0.6 is 0 Å². The minimum Gasteiger partial charge on any atom is -0.345 e. The van der Waals surface area contributed by atoms with Gasteiger partial charge in [-0.1, -0.05) is 24.3 Å². The highest BCUT2D eigenvalue weighted by molar-refractivity contribution is 6.35. The van der Waals surface area contributed by atoms with Crippen molar-refractivity contribution in [3.8, 4) is 0 Å². The van der Waals surface area contributed by atoms with Gasteiger partial charge in [0.05, 0.1) is 29.5 Å². The number of hydrogen-bond acceptors (Lipinski definition) is 4. The lowest BCUT2D eigenvalue weighted by atomic mass is 10.1. The van der Waals surface area contributed by atoms with Crippen LogP contribution in [0.1, 0.15) is 28.1 Å². The molecule has 0 saturated heterocycles. The second kappa shape index (κ2) is 9.61. The normalized spacial score (nSPS) is 13.8. The molecule has 5 rings (SSSR count). The van der Waals surface area contributed by atoms with E-state index in [1.807, 2.05) is 0 Å². The van der Waals surface area contributed by atoms with E-state index in [9.17, 15) is 22.8 Å². The van der Waals surface area contributed by atoms with E-state index in [2.05, 4.69) is 30.9 Å². The summed E-state index contributed by atoms with van der Waals surface area (Å²) in [4.78, 5) is 35.2. The summed E-state index contributed by atoms with van der Waals surface area (Å²) in [5, 5.41) is 8.24. The van der Waals surface area contributed by atoms with E-state index in [1.165, 1.54) is 18.6 Å². The number of aromatic amines is 1. The van der Waals surface area contributed by atoms with Crippen LogP contribution in [-0.4, -0.2) is 26.9 Å². The zero-order valence-electron chi connectivity index (χ0n) is 19.1. The Morgan fingerprint density at radius 1 is 0.946 bits per heavy atom. The number of carbonyl (C=O) groups is 2. The largest absolute Gasteiger partial charge is 0.433 e. The number of imidazole rings is 1. The van der Waals surface area contributed by atoms with Crippen LogP contribution in [0.2, 0.25) is 0 Å². The van der Waals surface area contributed by atoms with Crippen LogP contribution in [0.25, 0.3) is 11.6 Å². The van der Waals surface area contributed by atoms with Crippen LogP contribution in [0, 0.1) is 0 Å². The van der Waals surface area contributed by atoms with Gasteiger partial charge in [-0.15, -0.1) is 0 Å². The Morgan fingerprint density at radius 2 is 1.68 bits per heavy atom. The highest BCUT2D eigenvalue weighted by Gasteiger charge is 2.32. The van der Waals surface area contributed by atoms with Gasteiger partial charge in [-0.2, -0.15) is 13.2 Å². The highest BCUT2D eigenvalue weighted by atomic mass is 19.4. The third-order valence-electron chi connectivity index (χ3n) is 5.61. The number of pyridine rings is 1. The summed E-state index contributed by atoms with van der Waals surface area (Å²) < 4.78 is 38.0. The first-order valence-corrected chi connectivity index (χ1v) is 11.1. The Labute approximate surface area is 208 Å². The van der Waals surface area contributed by atoms with Crippen molar-refractivity contribution in [2.45, 2.75) is 12.6 Å². The van der Waals surface area contributed by atoms with Gasteiger partial charge in [0.15, 0.2) is 0 Å². The third-order valence-corrected chi connectivity index (χ3v) is 5.61. The molecule has 0 radical (unpaired) electrons. The first-order chi connectivity index (χ1) is 17.7. The zero-order chi connectivity index (χ0) is 26.0. The average molecular weight is 504 g/mol. The van der Waals surface area contributed by atoms with Gasteiger partial charge in [-0.25, -0.2) is 9.78 Å².